The van der Waals surface area contributed by atoms with E-state index in [1.54, 1.807) is 12.1 Å². The van der Waals surface area contributed by atoms with Crippen LogP contribution in [-0.4, -0.2) is 77.6 Å². The van der Waals surface area contributed by atoms with Crippen LogP contribution >= 0.6 is 11.3 Å². The summed E-state index contributed by atoms with van der Waals surface area (Å²) in [7, 11) is 1.91. The molecule has 1 atom stereocenters. The minimum atomic E-state index is -0.346. The summed E-state index contributed by atoms with van der Waals surface area (Å²) in [6, 6.07) is 14.8. The van der Waals surface area contributed by atoms with E-state index < -0.39 is 0 Å². The van der Waals surface area contributed by atoms with Gasteiger partial charge < -0.3 is 19.3 Å². The van der Waals surface area contributed by atoms with Gasteiger partial charge in [-0.05, 0) is 75.1 Å². The van der Waals surface area contributed by atoms with Crippen molar-refractivity contribution in [2.45, 2.75) is 44.7 Å². The lowest BCUT2D eigenvalue weighted by Crippen LogP contribution is -2.50. The van der Waals surface area contributed by atoms with E-state index in [1.165, 1.54) is 23.5 Å². The minimum absolute atomic E-state index is 0.000438. The molecule has 2 saturated heterocycles. The Balaban J connectivity index is 1.18. The molecule has 1 saturated carbocycles. The normalized spacial score (nSPS) is 18.8. The third kappa shape index (κ3) is 5.69. The third-order valence-corrected chi connectivity index (χ3v) is 10.4. The molecule has 0 radical (unpaired) electrons. The Hall–Kier alpha value is -4.27. The smallest absolute Gasteiger partial charge is 0.258 e. The fraction of sp³-hybridized carbons (Fsp3) is 0.412. The predicted octanol–water partition coefficient (Wildman–Crippen LogP) is 5.37. The molecule has 2 aromatic carbocycles. The number of hydrogen-bond donors (Lipinski definition) is 0. The van der Waals surface area contributed by atoms with E-state index in [9.17, 15) is 19.2 Å². The second-order valence-electron chi connectivity index (χ2n) is 12.4. The molecule has 0 N–H and O–H groups in total. The first-order chi connectivity index (χ1) is 21.8. The number of anilines is 3. The molecule has 45 heavy (non-hydrogen) atoms. The predicted molar refractivity (Wildman–Crippen MR) is 176 cm³/mol. The number of pyridine rings is 1. The van der Waals surface area contributed by atoms with Crippen molar-refractivity contribution in [2.75, 3.05) is 56.1 Å². The van der Waals surface area contributed by atoms with E-state index >= 15 is 0 Å². The number of thiazole rings is 1. The number of hydrogen-bond acceptors (Lipinski definition) is 8. The molecule has 1 amide bonds. The van der Waals surface area contributed by atoms with Gasteiger partial charge in [0.1, 0.15) is 22.5 Å². The number of likely N-dealkylation sites (tertiary alicyclic amines) is 1. The first-order valence-corrected chi connectivity index (χ1v) is 16.5. The van der Waals surface area contributed by atoms with Gasteiger partial charge in [0.05, 0.1) is 12.2 Å². The number of nitriles is 1. The van der Waals surface area contributed by atoms with Gasteiger partial charge in [0.2, 0.25) is 5.91 Å². The molecule has 232 valence electrons. The molecule has 1 aliphatic carbocycles. The molecule has 4 aromatic rings. The number of carbonyl (C=O) groups is 1. The molecule has 2 aliphatic heterocycles. The Morgan fingerprint density at radius 1 is 1.07 bits per heavy atom. The molecule has 2 aromatic heterocycles. The van der Waals surface area contributed by atoms with Crippen LogP contribution in [0.4, 0.5) is 20.9 Å². The summed E-state index contributed by atoms with van der Waals surface area (Å²) in [6.07, 6.45) is 6.05. The van der Waals surface area contributed by atoms with Crippen molar-refractivity contribution in [1.29, 1.82) is 5.26 Å². The van der Waals surface area contributed by atoms with Crippen molar-refractivity contribution in [3.05, 3.63) is 69.7 Å². The van der Waals surface area contributed by atoms with Crippen molar-refractivity contribution in [1.82, 2.24) is 19.4 Å². The number of aromatic nitrogens is 2. The van der Waals surface area contributed by atoms with E-state index in [4.69, 9.17) is 4.98 Å². The lowest BCUT2D eigenvalue weighted by atomic mass is 10.1. The Morgan fingerprint density at radius 3 is 2.49 bits per heavy atom. The van der Waals surface area contributed by atoms with Crippen LogP contribution in [0, 0.1) is 17.1 Å². The van der Waals surface area contributed by atoms with Crippen LogP contribution in [0.25, 0.3) is 22.0 Å². The van der Waals surface area contributed by atoms with Gasteiger partial charge in [-0.15, -0.1) is 0 Å². The van der Waals surface area contributed by atoms with Gasteiger partial charge in [-0.3, -0.25) is 14.5 Å². The topological polar surface area (TPSA) is 88.7 Å². The molecular weight excluding hydrogens is 589 g/mol. The summed E-state index contributed by atoms with van der Waals surface area (Å²) in [6.45, 7) is 6.63. The molecule has 3 fully saturated rings. The van der Waals surface area contributed by atoms with Crippen LogP contribution in [0.3, 0.4) is 0 Å². The number of fused-ring (bicyclic) bond motifs is 1. The molecule has 3 aliphatic rings. The lowest BCUT2D eigenvalue weighted by molar-refractivity contribution is -0.133. The van der Waals surface area contributed by atoms with Crippen LogP contribution in [0.5, 0.6) is 0 Å². The number of piperazine rings is 1. The van der Waals surface area contributed by atoms with E-state index in [1.807, 2.05) is 39.7 Å². The first kappa shape index (κ1) is 29.4. The highest BCUT2D eigenvalue weighted by atomic mass is 32.1. The second-order valence-corrected chi connectivity index (χ2v) is 13.4. The molecule has 9 nitrogen and oxygen atoms in total. The molecule has 4 heterocycles. The largest absolute Gasteiger partial charge is 0.369 e. The summed E-state index contributed by atoms with van der Waals surface area (Å²) in [4.78, 5) is 40.3. The standard InChI is InChI=1S/C34H36FN7O2S/c1-22-4-3-13-41(22)31(43)21-39-14-16-40(17-15-39)26-11-12-27-28(18-26)29(20-42(33(27)44)25-9-10-25)38(2)34-37-32(30(19-36)45-34)23-5-7-24(35)8-6-23/h5-8,11-12,18,20,22,25H,3-4,9-10,13-17,21H2,1-2H3. The summed E-state index contributed by atoms with van der Waals surface area (Å²) >= 11 is 1.28. The van der Waals surface area contributed by atoms with E-state index in [2.05, 4.69) is 28.9 Å². The number of halogens is 1. The highest BCUT2D eigenvalue weighted by molar-refractivity contribution is 7.16. The Morgan fingerprint density at radius 2 is 1.82 bits per heavy atom. The summed E-state index contributed by atoms with van der Waals surface area (Å²) in [5.74, 6) is -0.121. The highest BCUT2D eigenvalue weighted by Crippen LogP contribution is 2.40. The van der Waals surface area contributed by atoms with Crippen molar-refractivity contribution in [3.8, 4) is 17.3 Å². The van der Waals surface area contributed by atoms with Gasteiger partial charge >= 0.3 is 0 Å². The number of rotatable bonds is 7. The third-order valence-electron chi connectivity index (χ3n) is 9.40. The quantitative estimate of drug-likeness (QED) is 0.273. The zero-order chi connectivity index (χ0) is 31.2. The fourth-order valence-corrected chi connectivity index (χ4v) is 7.46. The highest BCUT2D eigenvalue weighted by Gasteiger charge is 2.29. The van der Waals surface area contributed by atoms with Crippen molar-refractivity contribution in [2.24, 2.45) is 0 Å². The molecule has 1 unspecified atom stereocenters. The van der Waals surface area contributed by atoms with E-state index in [0.29, 0.717) is 39.2 Å². The van der Waals surface area contributed by atoms with E-state index in [-0.39, 0.29) is 23.3 Å². The number of benzene rings is 2. The lowest BCUT2D eigenvalue weighted by Gasteiger charge is -2.37. The van der Waals surface area contributed by atoms with Gasteiger partial charge in [0.25, 0.3) is 5.56 Å². The van der Waals surface area contributed by atoms with Crippen LogP contribution in [-0.2, 0) is 4.79 Å². The molecule has 0 bridgehead atoms. The Bertz CT molecular complexity index is 1850. The second kappa shape index (κ2) is 11.9. The maximum atomic E-state index is 13.6. The van der Waals surface area contributed by atoms with Crippen LogP contribution < -0.4 is 15.4 Å². The van der Waals surface area contributed by atoms with Gasteiger partial charge in [-0.2, -0.15) is 5.26 Å². The average Bonchev–Trinajstić information content (AvgIpc) is 3.65. The summed E-state index contributed by atoms with van der Waals surface area (Å²) in [5.41, 5.74) is 3.06. The van der Waals surface area contributed by atoms with Gasteiger partial charge in [-0.25, -0.2) is 9.37 Å². The number of amides is 1. The van der Waals surface area contributed by atoms with E-state index in [0.717, 1.165) is 75.2 Å². The monoisotopic (exact) mass is 625 g/mol. The zero-order valence-electron chi connectivity index (χ0n) is 25.6. The Kier molecular flexibility index (Phi) is 7.79. The summed E-state index contributed by atoms with van der Waals surface area (Å²) < 4.78 is 15.4. The molecule has 0 spiro atoms. The maximum absolute atomic E-state index is 13.6. The van der Waals surface area contributed by atoms with Crippen LogP contribution in [0.2, 0.25) is 0 Å². The minimum Gasteiger partial charge on any atom is -0.369 e. The van der Waals surface area contributed by atoms with Crippen molar-refractivity contribution < 1.29 is 9.18 Å². The zero-order valence-corrected chi connectivity index (χ0v) is 26.4. The Labute approximate surface area is 265 Å². The van der Waals surface area contributed by atoms with Crippen molar-refractivity contribution in [3.63, 3.8) is 0 Å². The number of carbonyl (C=O) groups excluding carboxylic acids is 1. The maximum Gasteiger partial charge on any atom is 0.258 e. The van der Waals surface area contributed by atoms with Gasteiger partial charge in [-0.1, -0.05) is 11.3 Å². The SMILES string of the molecule is CC1CCCN1C(=O)CN1CCN(c2ccc3c(=O)n(C4CC4)cc(N(C)c4nc(-c5ccc(F)cc5)c(C#N)s4)c3c2)CC1. The summed E-state index contributed by atoms with van der Waals surface area (Å²) in [5, 5.41) is 12.0. The van der Waals surface area contributed by atoms with Crippen LogP contribution in [0.1, 0.15) is 43.5 Å². The fourth-order valence-electron chi connectivity index (χ4n) is 6.60. The molecular formula is C34H36FN7O2S. The average molecular weight is 626 g/mol. The molecule has 7 rings (SSSR count). The van der Waals surface area contributed by atoms with Gasteiger partial charge in [0.15, 0.2) is 5.13 Å². The van der Waals surface area contributed by atoms with Crippen molar-refractivity contribution >= 4 is 44.5 Å². The number of nitrogens with zero attached hydrogens (tertiary/aromatic N) is 7. The molecule has 11 heteroatoms. The van der Waals surface area contributed by atoms with Gasteiger partial charge in [0, 0.05) is 80.1 Å². The first-order valence-electron chi connectivity index (χ1n) is 15.7. The van der Waals surface area contributed by atoms with Crippen LogP contribution in [0.15, 0.2) is 53.5 Å².